The molecule has 2 amide bonds. The van der Waals surface area contributed by atoms with E-state index in [1.165, 1.54) is 24.3 Å². The van der Waals surface area contributed by atoms with E-state index < -0.39 is 10.3 Å². The number of rotatable bonds is 2. The molecule has 1 aliphatic rings. The molecular formula is C11H10N2O4. The Morgan fingerprint density at radius 3 is 2.29 bits per heavy atom. The minimum Gasteiger partial charge on any atom is -0.296 e. The van der Waals surface area contributed by atoms with Gasteiger partial charge in [-0.1, -0.05) is 12.1 Å². The number of carbonyl (C=O) groups excluding carboxylic acids is 2. The Morgan fingerprint density at radius 2 is 1.88 bits per heavy atom. The van der Waals surface area contributed by atoms with Gasteiger partial charge < -0.3 is 0 Å². The molecule has 0 aromatic heterocycles. The molecule has 1 aromatic rings. The van der Waals surface area contributed by atoms with Crippen molar-refractivity contribution >= 4 is 17.5 Å². The van der Waals surface area contributed by atoms with E-state index in [0.717, 1.165) is 0 Å². The largest absolute Gasteiger partial charge is 0.296 e. The van der Waals surface area contributed by atoms with Gasteiger partial charge in [0, 0.05) is 18.6 Å². The standard InChI is InChI=1S/C11H10N2O4/c1-11(6-9(14)12-10(11)15)7-2-4-8(5-3-7)13(16)17/h2-5H,6H2,1H3,(H,12,14,15). The fraction of sp³-hybridized carbons (Fsp3) is 0.273. The molecule has 1 heterocycles. The lowest BCUT2D eigenvalue weighted by atomic mass is 9.81. The van der Waals surface area contributed by atoms with Crippen LogP contribution in [0.1, 0.15) is 18.9 Å². The maximum Gasteiger partial charge on any atom is 0.269 e. The lowest BCUT2D eigenvalue weighted by Gasteiger charge is -2.19. The summed E-state index contributed by atoms with van der Waals surface area (Å²) in [7, 11) is 0. The minimum atomic E-state index is -0.924. The third-order valence-corrected chi connectivity index (χ3v) is 2.98. The van der Waals surface area contributed by atoms with Crippen molar-refractivity contribution in [3.05, 3.63) is 39.9 Å². The number of nitrogens with zero attached hydrogens (tertiary/aromatic N) is 1. The third-order valence-electron chi connectivity index (χ3n) is 2.98. The number of nitrogens with one attached hydrogen (secondary N) is 1. The van der Waals surface area contributed by atoms with Crippen molar-refractivity contribution in [1.29, 1.82) is 0 Å². The highest BCUT2D eigenvalue weighted by Crippen LogP contribution is 2.32. The van der Waals surface area contributed by atoms with E-state index >= 15 is 0 Å². The number of benzene rings is 1. The molecule has 1 unspecified atom stereocenters. The topological polar surface area (TPSA) is 89.3 Å². The molecule has 0 aliphatic carbocycles. The third kappa shape index (κ3) is 1.77. The fourth-order valence-electron chi connectivity index (χ4n) is 1.89. The zero-order valence-corrected chi connectivity index (χ0v) is 9.10. The van der Waals surface area contributed by atoms with Crippen LogP contribution < -0.4 is 5.32 Å². The van der Waals surface area contributed by atoms with Gasteiger partial charge in [-0.05, 0) is 12.5 Å². The maximum absolute atomic E-state index is 11.7. The van der Waals surface area contributed by atoms with E-state index in [0.29, 0.717) is 5.56 Å². The average molecular weight is 234 g/mol. The van der Waals surface area contributed by atoms with Gasteiger partial charge in [-0.25, -0.2) is 0 Å². The molecule has 0 bridgehead atoms. The first-order chi connectivity index (χ1) is 7.93. The number of nitro benzene ring substituents is 1. The molecule has 0 spiro atoms. The molecule has 17 heavy (non-hydrogen) atoms. The van der Waals surface area contributed by atoms with Crippen LogP contribution in [-0.4, -0.2) is 16.7 Å². The summed E-state index contributed by atoms with van der Waals surface area (Å²) >= 11 is 0. The zero-order chi connectivity index (χ0) is 12.6. The Morgan fingerprint density at radius 1 is 1.29 bits per heavy atom. The summed E-state index contributed by atoms with van der Waals surface area (Å²) in [4.78, 5) is 32.8. The van der Waals surface area contributed by atoms with Gasteiger partial charge in [0.15, 0.2) is 0 Å². The molecule has 1 saturated heterocycles. The molecule has 6 nitrogen and oxygen atoms in total. The second-order valence-corrected chi connectivity index (χ2v) is 4.19. The van der Waals surface area contributed by atoms with Crippen LogP contribution in [0.5, 0.6) is 0 Å². The lowest BCUT2D eigenvalue weighted by Crippen LogP contribution is -2.32. The van der Waals surface area contributed by atoms with Crippen molar-refractivity contribution in [3.63, 3.8) is 0 Å². The summed E-state index contributed by atoms with van der Waals surface area (Å²) < 4.78 is 0. The van der Waals surface area contributed by atoms with E-state index in [1.54, 1.807) is 6.92 Å². The van der Waals surface area contributed by atoms with Crippen molar-refractivity contribution < 1.29 is 14.5 Å². The number of imide groups is 1. The van der Waals surface area contributed by atoms with Gasteiger partial charge in [0.2, 0.25) is 11.8 Å². The van der Waals surface area contributed by atoms with E-state index in [-0.39, 0.29) is 23.9 Å². The van der Waals surface area contributed by atoms with E-state index in [1.807, 2.05) is 0 Å². The molecule has 2 rings (SSSR count). The summed E-state index contributed by atoms with van der Waals surface area (Å²) in [6.07, 6.45) is 0.0731. The van der Waals surface area contributed by atoms with Crippen LogP contribution in [0.2, 0.25) is 0 Å². The van der Waals surface area contributed by atoms with Gasteiger partial charge in [-0.15, -0.1) is 0 Å². The van der Waals surface area contributed by atoms with Crippen molar-refractivity contribution in [1.82, 2.24) is 5.32 Å². The second-order valence-electron chi connectivity index (χ2n) is 4.19. The predicted molar refractivity (Wildman–Crippen MR) is 58.2 cm³/mol. The van der Waals surface area contributed by atoms with Crippen LogP contribution in [0, 0.1) is 10.1 Å². The fourth-order valence-corrected chi connectivity index (χ4v) is 1.89. The molecule has 6 heteroatoms. The normalized spacial score (nSPS) is 23.6. The molecule has 1 atom stereocenters. The lowest BCUT2D eigenvalue weighted by molar-refractivity contribution is -0.384. The Kier molecular flexibility index (Phi) is 2.42. The van der Waals surface area contributed by atoms with Gasteiger partial charge in [0.05, 0.1) is 10.3 Å². The summed E-state index contributed by atoms with van der Waals surface area (Å²) in [6.45, 7) is 1.65. The van der Waals surface area contributed by atoms with Crippen molar-refractivity contribution in [2.75, 3.05) is 0 Å². The van der Waals surface area contributed by atoms with Gasteiger partial charge in [-0.3, -0.25) is 25.0 Å². The highest BCUT2D eigenvalue weighted by Gasteiger charge is 2.43. The van der Waals surface area contributed by atoms with Gasteiger partial charge in [-0.2, -0.15) is 0 Å². The quantitative estimate of drug-likeness (QED) is 0.467. The number of hydrogen-bond acceptors (Lipinski definition) is 4. The summed E-state index contributed by atoms with van der Waals surface area (Å²) in [5.41, 5.74) is -0.361. The van der Waals surface area contributed by atoms with Crippen LogP contribution in [0.25, 0.3) is 0 Å². The minimum absolute atomic E-state index is 0.0397. The molecule has 1 aliphatic heterocycles. The van der Waals surface area contributed by atoms with Crippen LogP contribution in [0.3, 0.4) is 0 Å². The van der Waals surface area contributed by atoms with Gasteiger partial charge >= 0.3 is 0 Å². The number of nitro groups is 1. The van der Waals surface area contributed by atoms with Crippen LogP contribution in [0.4, 0.5) is 5.69 Å². The highest BCUT2D eigenvalue weighted by atomic mass is 16.6. The molecule has 1 fully saturated rings. The second kappa shape index (κ2) is 3.65. The first kappa shape index (κ1) is 11.3. The molecular weight excluding hydrogens is 224 g/mol. The predicted octanol–water partition coefficient (Wildman–Crippen LogP) is 0.899. The number of carbonyl (C=O) groups is 2. The van der Waals surface area contributed by atoms with E-state index in [9.17, 15) is 19.7 Å². The van der Waals surface area contributed by atoms with Crippen LogP contribution >= 0.6 is 0 Å². The SMILES string of the molecule is CC1(c2ccc([N+](=O)[O-])cc2)CC(=O)NC1=O. The van der Waals surface area contributed by atoms with Crippen LogP contribution in [0.15, 0.2) is 24.3 Å². The molecule has 88 valence electrons. The number of non-ortho nitro benzene ring substituents is 1. The van der Waals surface area contributed by atoms with Gasteiger partial charge in [0.25, 0.3) is 5.69 Å². The van der Waals surface area contributed by atoms with Crippen molar-refractivity contribution in [2.45, 2.75) is 18.8 Å². The monoisotopic (exact) mass is 234 g/mol. The Labute approximate surface area is 96.8 Å². The Balaban J connectivity index is 2.37. The molecule has 0 radical (unpaired) electrons. The van der Waals surface area contributed by atoms with Crippen molar-refractivity contribution in [3.8, 4) is 0 Å². The maximum atomic E-state index is 11.7. The molecule has 1 N–H and O–H groups in total. The molecule has 1 aromatic carbocycles. The highest BCUT2D eigenvalue weighted by molar-refractivity contribution is 6.08. The van der Waals surface area contributed by atoms with Crippen LogP contribution in [-0.2, 0) is 15.0 Å². The number of amides is 2. The van der Waals surface area contributed by atoms with Gasteiger partial charge in [0.1, 0.15) is 0 Å². The Hall–Kier alpha value is -2.24. The Bertz CT molecular complexity index is 509. The van der Waals surface area contributed by atoms with Crippen molar-refractivity contribution in [2.24, 2.45) is 0 Å². The van der Waals surface area contributed by atoms with E-state index in [2.05, 4.69) is 5.32 Å². The average Bonchev–Trinajstić information content (AvgIpc) is 2.54. The summed E-state index contributed by atoms with van der Waals surface area (Å²) in [5.74, 6) is -0.688. The smallest absolute Gasteiger partial charge is 0.269 e. The molecule has 0 saturated carbocycles. The zero-order valence-electron chi connectivity index (χ0n) is 9.10. The summed E-state index contributed by atoms with van der Waals surface area (Å²) in [5, 5.41) is 12.7. The first-order valence-corrected chi connectivity index (χ1v) is 5.03. The summed E-state index contributed by atoms with van der Waals surface area (Å²) in [6, 6.07) is 5.68. The number of hydrogen-bond donors (Lipinski definition) is 1. The first-order valence-electron chi connectivity index (χ1n) is 5.03. The van der Waals surface area contributed by atoms with E-state index in [4.69, 9.17) is 0 Å².